The van der Waals surface area contributed by atoms with Gasteiger partial charge in [-0.15, -0.1) is 0 Å². The van der Waals surface area contributed by atoms with Crippen molar-refractivity contribution in [3.63, 3.8) is 0 Å². The third-order valence-electron chi connectivity index (χ3n) is 4.72. The van der Waals surface area contributed by atoms with Crippen LogP contribution in [-0.4, -0.2) is 60.6 Å². The summed E-state index contributed by atoms with van der Waals surface area (Å²) >= 11 is 0. The first-order valence-corrected chi connectivity index (χ1v) is 9.46. The molecule has 0 unspecified atom stereocenters. The van der Waals surface area contributed by atoms with Crippen molar-refractivity contribution in [2.45, 2.75) is 32.6 Å². The van der Waals surface area contributed by atoms with E-state index in [2.05, 4.69) is 5.32 Å². The summed E-state index contributed by atoms with van der Waals surface area (Å²) in [6.07, 6.45) is 2.28. The lowest BCUT2D eigenvalue weighted by Crippen LogP contribution is -2.43. The average molecular weight is 376 g/mol. The third kappa shape index (κ3) is 6.67. The number of piperidine rings is 1. The highest BCUT2D eigenvalue weighted by Gasteiger charge is 2.27. The molecule has 1 aliphatic rings. The van der Waals surface area contributed by atoms with Crippen molar-refractivity contribution in [3.8, 4) is 0 Å². The maximum atomic E-state index is 12.5. The molecule has 2 rings (SSSR count). The standard InChI is InChI=1S/C20H28N2O5/c1-2-27-12-4-9-21-19(24)16-7-10-22(11-8-16)18(23)14-15-5-3-6-17(13-15)20(25)26/h3,5-6,13,16H,2,4,7-12,14H2,1H3,(H,21,24)(H,25,26). The van der Waals surface area contributed by atoms with E-state index in [0.717, 1.165) is 6.42 Å². The summed E-state index contributed by atoms with van der Waals surface area (Å²) in [5, 5.41) is 12.0. The molecule has 2 amide bonds. The summed E-state index contributed by atoms with van der Waals surface area (Å²) < 4.78 is 5.24. The first-order chi connectivity index (χ1) is 13.0. The van der Waals surface area contributed by atoms with Crippen LogP contribution in [0.1, 0.15) is 42.1 Å². The van der Waals surface area contributed by atoms with Gasteiger partial charge in [-0.1, -0.05) is 12.1 Å². The molecule has 0 saturated carbocycles. The van der Waals surface area contributed by atoms with Crippen LogP contribution in [0.2, 0.25) is 0 Å². The SMILES string of the molecule is CCOCCCNC(=O)C1CCN(C(=O)Cc2cccc(C(=O)O)c2)CC1. The molecule has 0 radical (unpaired) electrons. The minimum atomic E-state index is -1.00. The van der Waals surface area contributed by atoms with E-state index in [1.807, 2.05) is 6.92 Å². The van der Waals surface area contributed by atoms with E-state index in [1.165, 1.54) is 12.1 Å². The third-order valence-corrected chi connectivity index (χ3v) is 4.72. The second-order valence-electron chi connectivity index (χ2n) is 6.68. The van der Waals surface area contributed by atoms with Gasteiger partial charge in [-0.3, -0.25) is 9.59 Å². The van der Waals surface area contributed by atoms with Crippen molar-refractivity contribution < 1.29 is 24.2 Å². The summed E-state index contributed by atoms with van der Waals surface area (Å²) in [6.45, 7) is 4.98. The highest BCUT2D eigenvalue weighted by atomic mass is 16.5. The maximum absolute atomic E-state index is 12.5. The number of nitrogens with zero attached hydrogens (tertiary/aromatic N) is 1. The molecular formula is C20H28N2O5. The van der Waals surface area contributed by atoms with Gasteiger partial charge < -0.3 is 20.1 Å². The molecule has 0 bridgehead atoms. The molecule has 0 spiro atoms. The molecule has 1 heterocycles. The fourth-order valence-electron chi connectivity index (χ4n) is 3.17. The predicted octanol–water partition coefficient (Wildman–Crippen LogP) is 1.71. The van der Waals surface area contributed by atoms with Gasteiger partial charge in [-0.05, 0) is 43.9 Å². The monoisotopic (exact) mass is 376 g/mol. The Morgan fingerprint density at radius 3 is 2.67 bits per heavy atom. The van der Waals surface area contributed by atoms with Gasteiger partial charge in [0.1, 0.15) is 0 Å². The van der Waals surface area contributed by atoms with Crippen LogP contribution in [-0.2, 0) is 20.7 Å². The number of aromatic carboxylic acids is 1. The molecule has 0 atom stereocenters. The largest absolute Gasteiger partial charge is 0.478 e. The van der Waals surface area contributed by atoms with Crippen LogP contribution < -0.4 is 5.32 Å². The fourth-order valence-corrected chi connectivity index (χ4v) is 3.17. The van der Waals surface area contributed by atoms with Crippen LogP contribution in [0.3, 0.4) is 0 Å². The Balaban J connectivity index is 1.74. The Morgan fingerprint density at radius 2 is 2.00 bits per heavy atom. The second kappa shape index (κ2) is 10.7. The van der Waals surface area contributed by atoms with Crippen LogP contribution in [0.4, 0.5) is 0 Å². The van der Waals surface area contributed by atoms with Crippen molar-refractivity contribution in [3.05, 3.63) is 35.4 Å². The van der Waals surface area contributed by atoms with Crippen molar-refractivity contribution in [2.24, 2.45) is 5.92 Å². The van der Waals surface area contributed by atoms with E-state index in [1.54, 1.807) is 17.0 Å². The Labute approximate surface area is 159 Å². The first kappa shape index (κ1) is 20.9. The zero-order valence-corrected chi connectivity index (χ0v) is 15.8. The molecule has 1 fully saturated rings. The molecule has 27 heavy (non-hydrogen) atoms. The van der Waals surface area contributed by atoms with E-state index in [0.29, 0.717) is 51.3 Å². The number of benzene rings is 1. The summed E-state index contributed by atoms with van der Waals surface area (Å²) in [5.74, 6) is -1.05. The predicted molar refractivity (Wildman–Crippen MR) is 101 cm³/mol. The number of ether oxygens (including phenoxy) is 1. The van der Waals surface area contributed by atoms with Crippen molar-refractivity contribution in [1.82, 2.24) is 10.2 Å². The minimum absolute atomic E-state index is 0.0342. The van der Waals surface area contributed by atoms with E-state index < -0.39 is 5.97 Å². The van der Waals surface area contributed by atoms with Crippen LogP contribution >= 0.6 is 0 Å². The molecule has 1 saturated heterocycles. The lowest BCUT2D eigenvalue weighted by atomic mass is 9.95. The van der Waals surface area contributed by atoms with Crippen LogP contribution in [0.15, 0.2) is 24.3 Å². The highest BCUT2D eigenvalue weighted by molar-refractivity contribution is 5.88. The summed E-state index contributed by atoms with van der Waals surface area (Å²) in [5.41, 5.74) is 0.870. The highest BCUT2D eigenvalue weighted by Crippen LogP contribution is 2.18. The molecule has 0 aliphatic carbocycles. The molecular weight excluding hydrogens is 348 g/mol. The Morgan fingerprint density at radius 1 is 1.26 bits per heavy atom. The summed E-state index contributed by atoms with van der Waals surface area (Å²) in [7, 11) is 0. The van der Waals surface area contributed by atoms with Crippen LogP contribution in [0, 0.1) is 5.92 Å². The summed E-state index contributed by atoms with van der Waals surface area (Å²) in [4.78, 5) is 37.4. The molecule has 1 aromatic rings. The molecule has 0 aromatic heterocycles. The van der Waals surface area contributed by atoms with E-state index in [-0.39, 0.29) is 29.7 Å². The smallest absolute Gasteiger partial charge is 0.335 e. The van der Waals surface area contributed by atoms with Gasteiger partial charge in [0.2, 0.25) is 11.8 Å². The molecule has 1 aromatic carbocycles. The van der Waals surface area contributed by atoms with Gasteiger partial charge in [-0.25, -0.2) is 4.79 Å². The van der Waals surface area contributed by atoms with Gasteiger partial charge >= 0.3 is 5.97 Å². The molecule has 7 nitrogen and oxygen atoms in total. The van der Waals surface area contributed by atoms with Crippen LogP contribution in [0.5, 0.6) is 0 Å². The number of nitrogens with one attached hydrogen (secondary N) is 1. The van der Waals surface area contributed by atoms with Gasteiger partial charge in [0, 0.05) is 38.8 Å². The topological polar surface area (TPSA) is 95.9 Å². The average Bonchev–Trinajstić information content (AvgIpc) is 2.68. The van der Waals surface area contributed by atoms with Crippen molar-refractivity contribution in [1.29, 1.82) is 0 Å². The summed E-state index contributed by atoms with van der Waals surface area (Å²) in [6, 6.07) is 6.44. The number of carboxylic acids is 1. The minimum Gasteiger partial charge on any atom is -0.478 e. The molecule has 148 valence electrons. The van der Waals surface area contributed by atoms with Crippen molar-refractivity contribution >= 4 is 17.8 Å². The molecule has 7 heteroatoms. The number of carboxylic acid groups (broad SMARTS) is 1. The maximum Gasteiger partial charge on any atom is 0.335 e. The normalized spacial score (nSPS) is 14.8. The second-order valence-corrected chi connectivity index (χ2v) is 6.68. The lowest BCUT2D eigenvalue weighted by molar-refractivity contribution is -0.135. The zero-order valence-electron chi connectivity index (χ0n) is 15.8. The number of carbonyl (C=O) groups excluding carboxylic acids is 2. The number of hydrogen-bond donors (Lipinski definition) is 2. The fraction of sp³-hybridized carbons (Fsp3) is 0.550. The van der Waals surface area contributed by atoms with E-state index >= 15 is 0 Å². The van der Waals surface area contributed by atoms with Gasteiger partial charge in [0.05, 0.1) is 12.0 Å². The number of hydrogen-bond acceptors (Lipinski definition) is 4. The van der Waals surface area contributed by atoms with E-state index in [9.17, 15) is 14.4 Å². The number of amides is 2. The lowest BCUT2D eigenvalue weighted by Gasteiger charge is -2.31. The quantitative estimate of drug-likeness (QED) is 0.640. The number of likely N-dealkylation sites (tertiary alicyclic amines) is 1. The zero-order chi connectivity index (χ0) is 19.6. The Hall–Kier alpha value is -2.41. The Kier molecular flexibility index (Phi) is 8.26. The molecule has 2 N–H and O–H groups in total. The number of rotatable bonds is 9. The van der Waals surface area contributed by atoms with E-state index in [4.69, 9.17) is 9.84 Å². The van der Waals surface area contributed by atoms with Gasteiger partial charge in [0.15, 0.2) is 0 Å². The number of carbonyl (C=O) groups is 3. The van der Waals surface area contributed by atoms with Crippen molar-refractivity contribution in [2.75, 3.05) is 32.8 Å². The molecule has 1 aliphatic heterocycles. The van der Waals surface area contributed by atoms with Gasteiger partial charge in [-0.2, -0.15) is 0 Å². The van der Waals surface area contributed by atoms with Gasteiger partial charge in [0.25, 0.3) is 0 Å². The van der Waals surface area contributed by atoms with Crippen LogP contribution in [0.25, 0.3) is 0 Å². The first-order valence-electron chi connectivity index (χ1n) is 9.46. The Bertz CT molecular complexity index is 654.